The molecule has 0 spiro atoms. The summed E-state index contributed by atoms with van der Waals surface area (Å²) < 4.78 is 7.76. The fourth-order valence-electron chi connectivity index (χ4n) is 4.13. The van der Waals surface area contributed by atoms with E-state index < -0.39 is 0 Å². The Bertz CT molecular complexity index is 1330. The summed E-state index contributed by atoms with van der Waals surface area (Å²) in [6.07, 6.45) is 3.26. The van der Waals surface area contributed by atoms with Crippen molar-refractivity contribution in [3.05, 3.63) is 88.8 Å². The van der Waals surface area contributed by atoms with Crippen molar-refractivity contribution < 1.29 is 9.53 Å². The van der Waals surface area contributed by atoms with Gasteiger partial charge in [-0.1, -0.05) is 61.8 Å². The number of carbonyl (C=O) groups excluding carboxylic acids is 1. The molecule has 34 heavy (non-hydrogen) atoms. The molecule has 0 radical (unpaired) electrons. The molecule has 0 aliphatic carbocycles. The lowest BCUT2D eigenvalue weighted by Crippen LogP contribution is -2.35. The third-order valence-corrected chi connectivity index (χ3v) is 6.30. The number of aromatic nitrogens is 3. The van der Waals surface area contributed by atoms with E-state index in [9.17, 15) is 4.79 Å². The first-order valence-corrected chi connectivity index (χ1v) is 11.7. The largest absolute Gasteiger partial charge is 0.489 e. The first kappa shape index (κ1) is 22.2. The summed E-state index contributed by atoms with van der Waals surface area (Å²) >= 11 is 6.44. The summed E-state index contributed by atoms with van der Waals surface area (Å²) in [7, 11) is 0. The van der Waals surface area contributed by atoms with E-state index in [1.807, 2.05) is 30.3 Å². The third-order valence-electron chi connectivity index (χ3n) is 6.00. The molecule has 1 amide bonds. The summed E-state index contributed by atoms with van der Waals surface area (Å²) in [6.45, 7) is 6.00. The van der Waals surface area contributed by atoms with Crippen LogP contribution < -0.4 is 10.1 Å². The summed E-state index contributed by atoms with van der Waals surface area (Å²) in [4.78, 5) is 16.8. The summed E-state index contributed by atoms with van der Waals surface area (Å²) in [5.41, 5.74) is 5.99. The molecule has 0 bridgehead atoms. The van der Waals surface area contributed by atoms with E-state index in [0.29, 0.717) is 42.0 Å². The maximum absolute atomic E-state index is 12.8. The molecule has 0 atom stereocenters. The van der Waals surface area contributed by atoms with Gasteiger partial charge in [-0.3, -0.25) is 14.5 Å². The lowest BCUT2D eigenvalue weighted by Gasteiger charge is -2.15. The molecule has 3 heterocycles. The number of hydrogen-bond donors (Lipinski definition) is 1. The van der Waals surface area contributed by atoms with Crippen LogP contribution in [0.5, 0.6) is 5.75 Å². The smallest absolute Gasteiger partial charge is 0.270 e. The molecule has 2 aromatic carbocycles. The monoisotopic (exact) mass is 472 g/mol. The highest BCUT2D eigenvalue weighted by Crippen LogP contribution is 2.38. The number of hydrogen-bond acceptors (Lipinski definition) is 4. The van der Waals surface area contributed by atoms with Gasteiger partial charge in [0.25, 0.3) is 5.91 Å². The SMILES string of the molecule is CC(C)c1ccc(COc2ccc(-c3c(-c4ccncc4Cl)nn4c3C(=O)NCC4)cc2)cc1. The summed E-state index contributed by atoms with van der Waals surface area (Å²) in [6, 6.07) is 18.1. The zero-order valence-corrected chi connectivity index (χ0v) is 19.8. The minimum absolute atomic E-state index is 0.143. The molecule has 0 fully saturated rings. The van der Waals surface area contributed by atoms with Gasteiger partial charge in [-0.15, -0.1) is 0 Å². The molecule has 7 heteroatoms. The molecule has 5 rings (SSSR count). The molecule has 172 valence electrons. The molecule has 4 aromatic rings. The summed E-state index contributed by atoms with van der Waals surface area (Å²) in [5, 5.41) is 8.15. The second-order valence-electron chi connectivity index (χ2n) is 8.62. The van der Waals surface area contributed by atoms with Gasteiger partial charge in [0.2, 0.25) is 0 Å². The molecular weight excluding hydrogens is 448 g/mol. The van der Waals surface area contributed by atoms with E-state index in [1.54, 1.807) is 17.1 Å². The number of carbonyl (C=O) groups is 1. The number of amides is 1. The topological polar surface area (TPSA) is 69.0 Å². The summed E-state index contributed by atoms with van der Waals surface area (Å²) in [5.74, 6) is 1.12. The minimum Gasteiger partial charge on any atom is -0.489 e. The van der Waals surface area contributed by atoms with Crippen molar-refractivity contribution in [1.29, 1.82) is 0 Å². The van der Waals surface area contributed by atoms with Crippen LogP contribution in [0.1, 0.15) is 41.4 Å². The normalized spacial score (nSPS) is 13.0. The number of nitrogens with one attached hydrogen (secondary N) is 1. The van der Waals surface area contributed by atoms with Gasteiger partial charge in [0.1, 0.15) is 23.7 Å². The molecule has 1 aliphatic heterocycles. The van der Waals surface area contributed by atoms with Gasteiger partial charge in [-0.05, 0) is 40.8 Å². The fourth-order valence-corrected chi connectivity index (χ4v) is 4.33. The van der Waals surface area contributed by atoms with Crippen LogP contribution in [0.2, 0.25) is 5.02 Å². The Hall–Kier alpha value is -3.64. The highest BCUT2D eigenvalue weighted by Gasteiger charge is 2.28. The Kier molecular flexibility index (Phi) is 6.07. The number of nitrogens with zero attached hydrogens (tertiary/aromatic N) is 3. The van der Waals surface area contributed by atoms with Crippen LogP contribution in [0.3, 0.4) is 0 Å². The predicted octanol–water partition coefficient (Wildman–Crippen LogP) is 5.71. The van der Waals surface area contributed by atoms with Crippen molar-refractivity contribution in [3.8, 4) is 28.1 Å². The lowest BCUT2D eigenvalue weighted by molar-refractivity contribution is 0.0925. The average molecular weight is 473 g/mol. The first-order valence-electron chi connectivity index (χ1n) is 11.3. The predicted molar refractivity (Wildman–Crippen MR) is 133 cm³/mol. The average Bonchev–Trinajstić information content (AvgIpc) is 3.24. The highest BCUT2D eigenvalue weighted by molar-refractivity contribution is 6.33. The molecule has 0 saturated carbocycles. The van der Waals surface area contributed by atoms with E-state index in [4.69, 9.17) is 21.4 Å². The van der Waals surface area contributed by atoms with Crippen molar-refractivity contribution >= 4 is 17.5 Å². The van der Waals surface area contributed by atoms with Gasteiger partial charge < -0.3 is 10.1 Å². The Morgan fingerprint density at radius 3 is 2.56 bits per heavy atom. The van der Waals surface area contributed by atoms with Crippen molar-refractivity contribution in [1.82, 2.24) is 20.1 Å². The number of benzene rings is 2. The Labute approximate surface area is 203 Å². The number of rotatable bonds is 6. The van der Waals surface area contributed by atoms with Crippen molar-refractivity contribution in [2.24, 2.45) is 0 Å². The van der Waals surface area contributed by atoms with Crippen molar-refractivity contribution in [2.45, 2.75) is 32.9 Å². The van der Waals surface area contributed by atoms with Crippen LogP contribution in [0.25, 0.3) is 22.4 Å². The Morgan fingerprint density at radius 1 is 1.09 bits per heavy atom. The molecular formula is C27H25ClN4O2. The van der Waals surface area contributed by atoms with E-state index in [1.165, 1.54) is 5.56 Å². The first-order chi connectivity index (χ1) is 16.5. The number of ether oxygens (including phenoxy) is 1. The van der Waals surface area contributed by atoms with Crippen LogP contribution in [-0.2, 0) is 13.2 Å². The van der Waals surface area contributed by atoms with Gasteiger partial charge in [0.15, 0.2) is 0 Å². The molecule has 6 nitrogen and oxygen atoms in total. The molecule has 2 aromatic heterocycles. The highest BCUT2D eigenvalue weighted by atomic mass is 35.5. The maximum atomic E-state index is 12.8. The maximum Gasteiger partial charge on any atom is 0.270 e. The van der Waals surface area contributed by atoms with Gasteiger partial charge >= 0.3 is 0 Å². The van der Waals surface area contributed by atoms with E-state index in [-0.39, 0.29) is 5.91 Å². The second-order valence-corrected chi connectivity index (χ2v) is 9.02. The Balaban J connectivity index is 1.44. The fraction of sp³-hybridized carbons (Fsp3) is 0.222. The Morgan fingerprint density at radius 2 is 1.85 bits per heavy atom. The quantitative estimate of drug-likeness (QED) is 0.390. The van der Waals surface area contributed by atoms with Crippen LogP contribution in [0.15, 0.2) is 67.0 Å². The van der Waals surface area contributed by atoms with Gasteiger partial charge in [-0.2, -0.15) is 5.10 Å². The number of pyridine rings is 1. The van der Waals surface area contributed by atoms with Crippen LogP contribution in [0.4, 0.5) is 0 Å². The number of fused-ring (bicyclic) bond motifs is 1. The van der Waals surface area contributed by atoms with E-state index >= 15 is 0 Å². The molecule has 1 aliphatic rings. The zero-order chi connectivity index (χ0) is 23.7. The third kappa shape index (κ3) is 4.29. The minimum atomic E-state index is -0.143. The second kappa shape index (κ2) is 9.31. The van der Waals surface area contributed by atoms with Crippen LogP contribution in [0, 0.1) is 0 Å². The van der Waals surface area contributed by atoms with Gasteiger partial charge in [0, 0.05) is 30.1 Å². The van der Waals surface area contributed by atoms with Crippen molar-refractivity contribution in [3.63, 3.8) is 0 Å². The molecule has 1 N–H and O–H groups in total. The van der Waals surface area contributed by atoms with E-state index in [2.05, 4.69) is 48.4 Å². The van der Waals surface area contributed by atoms with Gasteiger partial charge in [0.05, 0.1) is 11.6 Å². The molecule has 0 saturated heterocycles. The number of halogens is 1. The zero-order valence-electron chi connectivity index (χ0n) is 19.1. The van der Waals surface area contributed by atoms with Crippen LogP contribution in [-0.4, -0.2) is 27.2 Å². The van der Waals surface area contributed by atoms with Crippen LogP contribution >= 0.6 is 11.6 Å². The molecule has 0 unspecified atom stereocenters. The lowest BCUT2D eigenvalue weighted by atomic mass is 9.98. The van der Waals surface area contributed by atoms with Gasteiger partial charge in [-0.25, -0.2) is 0 Å². The standard InChI is InChI=1S/C27H25ClN4O2/c1-17(2)19-5-3-18(4-6-19)16-34-21-9-7-20(8-10-21)24-25(22-11-12-29-15-23(22)28)31-32-14-13-30-27(33)26(24)32/h3-12,15,17H,13-14,16H2,1-2H3,(H,30,33). The van der Waals surface area contributed by atoms with Crippen molar-refractivity contribution in [2.75, 3.05) is 6.54 Å². The van der Waals surface area contributed by atoms with E-state index in [0.717, 1.165) is 28.0 Å².